The average Bonchev–Trinajstić information content (AvgIpc) is 3.20. The first kappa shape index (κ1) is 22.3. The number of nitrogens with one attached hydrogen (secondary N) is 2. The Kier molecular flexibility index (Phi) is 6.76. The van der Waals surface area contributed by atoms with Crippen molar-refractivity contribution in [3.63, 3.8) is 0 Å². The van der Waals surface area contributed by atoms with Gasteiger partial charge in [-0.1, -0.05) is 43.0 Å². The number of hydrogen-bond acceptors (Lipinski definition) is 7. The van der Waals surface area contributed by atoms with Crippen LogP contribution in [-0.2, 0) is 4.79 Å². The topological polar surface area (TPSA) is 81.1 Å². The monoisotopic (exact) mass is 467 g/mol. The van der Waals surface area contributed by atoms with Gasteiger partial charge in [-0.15, -0.1) is 16.9 Å². The summed E-state index contributed by atoms with van der Waals surface area (Å²) in [5, 5.41) is 11.7. The number of hydrogen-bond donors (Lipinski definition) is 2. The molecular formula is C23H25N5O2S2. The molecule has 0 fully saturated rings. The molecule has 2 heterocycles. The lowest BCUT2D eigenvalue weighted by Gasteiger charge is -2.29. The number of carbonyl (C=O) groups is 1. The van der Waals surface area contributed by atoms with Crippen LogP contribution in [0.25, 0.3) is 0 Å². The van der Waals surface area contributed by atoms with Crippen molar-refractivity contribution in [1.82, 2.24) is 14.8 Å². The van der Waals surface area contributed by atoms with E-state index in [4.69, 9.17) is 9.84 Å². The highest BCUT2D eigenvalue weighted by atomic mass is 32.2. The van der Waals surface area contributed by atoms with E-state index in [2.05, 4.69) is 34.7 Å². The van der Waals surface area contributed by atoms with Gasteiger partial charge in [-0.2, -0.15) is 4.98 Å². The third-order valence-electron chi connectivity index (χ3n) is 5.14. The van der Waals surface area contributed by atoms with Crippen LogP contribution in [0.1, 0.15) is 25.5 Å². The third kappa shape index (κ3) is 4.35. The van der Waals surface area contributed by atoms with Crippen LogP contribution < -0.4 is 15.4 Å². The Balaban J connectivity index is 1.77. The second-order valence-corrected chi connectivity index (χ2v) is 9.20. The molecule has 0 saturated heterocycles. The zero-order chi connectivity index (χ0) is 22.7. The molecule has 9 heteroatoms. The molecule has 32 heavy (non-hydrogen) atoms. The van der Waals surface area contributed by atoms with Gasteiger partial charge in [0.05, 0.1) is 18.4 Å². The summed E-state index contributed by atoms with van der Waals surface area (Å²) in [6.07, 6.45) is 2.04. The highest BCUT2D eigenvalue weighted by molar-refractivity contribution is 7.99. The number of para-hydroxylation sites is 2. The molecule has 1 atom stereocenters. The molecule has 0 unspecified atom stereocenters. The van der Waals surface area contributed by atoms with Crippen molar-refractivity contribution in [2.24, 2.45) is 0 Å². The van der Waals surface area contributed by atoms with Crippen molar-refractivity contribution in [3.05, 3.63) is 65.4 Å². The normalized spacial score (nSPS) is 15.2. The molecule has 2 aromatic carbocycles. The molecular weight excluding hydrogens is 442 g/mol. The largest absolute Gasteiger partial charge is 0.495 e. The van der Waals surface area contributed by atoms with E-state index in [9.17, 15) is 4.79 Å². The van der Waals surface area contributed by atoms with Gasteiger partial charge in [0.1, 0.15) is 11.8 Å². The molecule has 0 bridgehead atoms. The van der Waals surface area contributed by atoms with E-state index >= 15 is 0 Å². The van der Waals surface area contributed by atoms with Crippen molar-refractivity contribution in [1.29, 1.82) is 0 Å². The number of fused-ring (bicyclic) bond motifs is 1. The van der Waals surface area contributed by atoms with Crippen LogP contribution in [0, 0.1) is 0 Å². The minimum Gasteiger partial charge on any atom is -0.495 e. The van der Waals surface area contributed by atoms with E-state index in [-0.39, 0.29) is 5.91 Å². The first-order valence-electron chi connectivity index (χ1n) is 10.2. The fraction of sp³-hybridized carbons (Fsp3) is 0.261. The summed E-state index contributed by atoms with van der Waals surface area (Å²) >= 11 is 3.25. The Labute approximate surface area is 196 Å². The number of benzene rings is 2. The van der Waals surface area contributed by atoms with E-state index in [1.807, 2.05) is 49.6 Å². The first-order valence-corrected chi connectivity index (χ1v) is 12.4. The second kappa shape index (κ2) is 9.70. The van der Waals surface area contributed by atoms with E-state index in [0.717, 1.165) is 21.9 Å². The zero-order valence-electron chi connectivity index (χ0n) is 18.4. The van der Waals surface area contributed by atoms with Crippen molar-refractivity contribution in [3.8, 4) is 5.75 Å². The smallest absolute Gasteiger partial charge is 0.255 e. The van der Waals surface area contributed by atoms with Crippen LogP contribution in [0.5, 0.6) is 5.75 Å². The van der Waals surface area contributed by atoms with E-state index in [1.165, 1.54) is 0 Å². The lowest BCUT2D eigenvalue weighted by molar-refractivity contribution is -0.113. The second-order valence-electron chi connectivity index (χ2n) is 7.09. The predicted molar refractivity (Wildman–Crippen MR) is 131 cm³/mol. The molecule has 1 amide bonds. The van der Waals surface area contributed by atoms with Crippen molar-refractivity contribution in [2.45, 2.75) is 29.9 Å². The van der Waals surface area contributed by atoms with Crippen LogP contribution in [-0.4, -0.2) is 39.8 Å². The lowest BCUT2D eigenvalue weighted by atomic mass is 9.95. The van der Waals surface area contributed by atoms with Crippen molar-refractivity contribution in [2.75, 3.05) is 29.8 Å². The lowest BCUT2D eigenvalue weighted by Crippen LogP contribution is -2.31. The highest BCUT2D eigenvalue weighted by Crippen LogP contribution is 2.37. The summed E-state index contributed by atoms with van der Waals surface area (Å²) in [7, 11) is 1.59. The van der Waals surface area contributed by atoms with E-state index < -0.39 is 6.04 Å². The third-order valence-corrected chi connectivity index (χ3v) is 6.60. The first-order chi connectivity index (χ1) is 15.5. The molecule has 2 N–H and O–H groups in total. The summed E-state index contributed by atoms with van der Waals surface area (Å²) in [6, 6.07) is 15.2. The van der Waals surface area contributed by atoms with Gasteiger partial charge in [0.2, 0.25) is 11.1 Å². The number of methoxy groups -OCH3 is 1. The Morgan fingerprint density at radius 2 is 1.97 bits per heavy atom. The Hall–Kier alpha value is -2.91. The predicted octanol–water partition coefficient (Wildman–Crippen LogP) is 5.05. The molecule has 1 aliphatic heterocycles. The molecule has 4 rings (SSSR count). The molecule has 0 aliphatic carbocycles. The Bertz CT molecular complexity index is 1160. The molecule has 0 saturated carbocycles. The fourth-order valence-corrected chi connectivity index (χ4v) is 4.61. The molecule has 7 nitrogen and oxygen atoms in total. The van der Waals surface area contributed by atoms with Gasteiger partial charge in [-0.3, -0.25) is 4.79 Å². The van der Waals surface area contributed by atoms with Crippen LogP contribution in [0.15, 0.2) is 69.9 Å². The van der Waals surface area contributed by atoms with E-state index in [1.54, 1.807) is 35.3 Å². The standard InChI is InChI=1S/C23H25N5O2S2/c1-5-32-23-26-22-24-14(2)19(21(29)25-17-8-6-7-9-18(17)30-3)20(28(22)27-23)15-10-12-16(31-4)13-11-15/h6-13,20H,5H2,1-4H3,(H,25,29)(H,24,26,27)/t20-/m0/s1. The molecule has 1 aliphatic rings. The molecule has 3 aromatic rings. The number of carbonyl (C=O) groups excluding carboxylic acids is 1. The summed E-state index contributed by atoms with van der Waals surface area (Å²) in [5.41, 5.74) is 2.90. The SMILES string of the molecule is CCSc1nc2n(n1)[C@@H](c1ccc(SC)cc1)C(C(=O)Nc1ccccc1OC)=C(C)N2. The van der Waals surface area contributed by atoms with Crippen LogP contribution in [0.4, 0.5) is 11.6 Å². The van der Waals surface area contributed by atoms with Gasteiger partial charge in [0.15, 0.2) is 0 Å². The summed E-state index contributed by atoms with van der Waals surface area (Å²) in [6.45, 7) is 3.96. The number of thioether (sulfide) groups is 2. The van der Waals surface area contributed by atoms with Gasteiger partial charge < -0.3 is 15.4 Å². The van der Waals surface area contributed by atoms with E-state index in [0.29, 0.717) is 28.1 Å². The number of aromatic nitrogens is 3. The highest BCUT2D eigenvalue weighted by Gasteiger charge is 2.34. The number of allylic oxidation sites excluding steroid dienone is 1. The molecule has 0 spiro atoms. The van der Waals surface area contributed by atoms with Crippen LogP contribution >= 0.6 is 23.5 Å². The van der Waals surface area contributed by atoms with Crippen LogP contribution in [0.2, 0.25) is 0 Å². The Morgan fingerprint density at radius 1 is 1.22 bits per heavy atom. The van der Waals surface area contributed by atoms with Gasteiger partial charge in [0, 0.05) is 10.6 Å². The van der Waals surface area contributed by atoms with Crippen molar-refractivity contribution >= 4 is 41.1 Å². The number of ether oxygens (including phenoxy) is 1. The number of amides is 1. The van der Waals surface area contributed by atoms with Gasteiger partial charge in [-0.05, 0) is 48.8 Å². The fourth-order valence-electron chi connectivity index (χ4n) is 3.65. The zero-order valence-corrected chi connectivity index (χ0v) is 20.0. The summed E-state index contributed by atoms with van der Waals surface area (Å²) in [4.78, 5) is 19.3. The van der Waals surface area contributed by atoms with Crippen LogP contribution in [0.3, 0.4) is 0 Å². The Morgan fingerprint density at radius 3 is 2.66 bits per heavy atom. The summed E-state index contributed by atoms with van der Waals surface area (Å²) < 4.78 is 7.21. The maximum absolute atomic E-state index is 13.6. The number of nitrogens with zero attached hydrogens (tertiary/aromatic N) is 3. The number of rotatable bonds is 7. The van der Waals surface area contributed by atoms with Gasteiger partial charge >= 0.3 is 0 Å². The maximum Gasteiger partial charge on any atom is 0.255 e. The average molecular weight is 468 g/mol. The quantitative estimate of drug-likeness (QED) is 0.471. The number of anilines is 2. The minimum absolute atomic E-state index is 0.218. The molecule has 166 valence electrons. The summed E-state index contributed by atoms with van der Waals surface area (Å²) in [5.74, 6) is 1.88. The van der Waals surface area contributed by atoms with Gasteiger partial charge in [0.25, 0.3) is 5.91 Å². The van der Waals surface area contributed by atoms with Crippen molar-refractivity contribution < 1.29 is 9.53 Å². The molecule has 0 radical (unpaired) electrons. The minimum atomic E-state index is -0.407. The van der Waals surface area contributed by atoms with Gasteiger partial charge in [-0.25, -0.2) is 4.68 Å². The maximum atomic E-state index is 13.6. The molecule has 1 aromatic heterocycles.